The van der Waals surface area contributed by atoms with Crippen LogP contribution in [0.3, 0.4) is 0 Å². The summed E-state index contributed by atoms with van der Waals surface area (Å²) in [5.74, 6) is 1.78. The standard InChI is InChI=1S/C12H12ClN3O/c13-9-5-4-8(6-10(9)14)12-15-11(16-17-12)7-2-1-3-7/h4-7H,1-3,14H2. The average Bonchev–Trinajstić information content (AvgIpc) is 2.69. The van der Waals surface area contributed by atoms with Gasteiger partial charge in [0.2, 0.25) is 0 Å². The minimum Gasteiger partial charge on any atom is -0.398 e. The predicted octanol–water partition coefficient (Wildman–Crippen LogP) is 3.24. The maximum atomic E-state index is 5.86. The lowest BCUT2D eigenvalue weighted by Gasteiger charge is -2.20. The third-order valence-corrected chi connectivity index (χ3v) is 3.50. The normalized spacial score (nSPS) is 15.8. The Morgan fingerprint density at radius 1 is 1.35 bits per heavy atom. The van der Waals surface area contributed by atoms with Crippen molar-refractivity contribution in [1.29, 1.82) is 0 Å². The van der Waals surface area contributed by atoms with E-state index in [0.29, 0.717) is 22.5 Å². The van der Waals surface area contributed by atoms with Crippen molar-refractivity contribution in [1.82, 2.24) is 10.1 Å². The molecule has 0 amide bonds. The number of nitrogen functional groups attached to an aromatic ring is 1. The smallest absolute Gasteiger partial charge is 0.258 e. The molecule has 1 heterocycles. The summed E-state index contributed by atoms with van der Waals surface area (Å²) in [4.78, 5) is 4.40. The molecule has 0 bridgehead atoms. The third-order valence-electron chi connectivity index (χ3n) is 3.16. The molecule has 1 saturated carbocycles. The summed E-state index contributed by atoms with van der Waals surface area (Å²) in [6.07, 6.45) is 3.56. The molecule has 1 aromatic heterocycles. The molecule has 3 rings (SSSR count). The number of rotatable bonds is 2. The molecular formula is C12H12ClN3O. The van der Waals surface area contributed by atoms with Crippen molar-refractivity contribution >= 4 is 17.3 Å². The second-order valence-corrected chi connectivity index (χ2v) is 4.73. The van der Waals surface area contributed by atoms with Gasteiger partial charge >= 0.3 is 0 Å². The van der Waals surface area contributed by atoms with Crippen LogP contribution in [-0.2, 0) is 0 Å². The van der Waals surface area contributed by atoms with E-state index >= 15 is 0 Å². The molecular weight excluding hydrogens is 238 g/mol. The third kappa shape index (κ3) is 1.89. The highest BCUT2D eigenvalue weighted by Crippen LogP contribution is 2.35. The molecule has 1 aliphatic rings. The zero-order valence-corrected chi connectivity index (χ0v) is 9.94. The molecule has 0 spiro atoms. The van der Waals surface area contributed by atoms with Crippen LogP contribution >= 0.6 is 11.6 Å². The molecule has 2 aromatic rings. The fraction of sp³-hybridized carbons (Fsp3) is 0.333. The Bertz CT molecular complexity index is 548. The largest absolute Gasteiger partial charge is 0.398 e. The van der Waals surface area contributed by atoms with Crippen LogP contribution in [0.25, 0.3) is 11.5 Å². The van der Waals surface area contributed by atoms with Gasteiger partial charge in [-0.15, -0.1) is 0 Å². The average molecular weight is 250 g/mol. The van der Waals surface area contributed by atoms with E-state index in [-0.39, 0.29) is 0 Å². The van der Waals surface area contributed by atoms with E-state index in [4.69, 9.17) is 21.9 Å². The van der Waals surface area contributed by atoms with Gasteiger partial charge < -0.3 is 10.3 Å². The van der Waals surface area contributed by atoms with E-state index in [2.05, 4.69) is 10.1 Å². The van der Waals surface area contributed by atoms with Crippen molar-refractivity contribution in [2.24, 2.45) is 0 Å². The number of anilines is 1. The highest BCUT2D eigenvalue weighted by atomic mass is 35.5. The van der Waals surface area contributed by atoms with Crippen molar-refractivity contribution in [2.45, 2.75) is 25.2 Å². The number of nitrogens with zero attached hydrogens (tertiary/aromatic N) is 2. The van der Waals surface area contributed by atoms with Crippen LogP contribution in [-0.4, -0.2) is 10.1 Å². The van der Waals surface area contributed by atoms with Gasteiger partial charge in [0.05, 0.1) is 10.7 Å². The van der Waals surface area contributed by atoms with Crippen molar-refractivity contribution in [2.75, 3.05) is 5.73 Å². The quantitative estimate of drug-likeness (QED) is 0.830. The number of halogens is 1. The van der Waals surface area contributed by atoms with Crippen molar-refractivity contribution in [3.05, 3.63) is 29.0 Å². The summed E-state index contributed by atoms with van der Waals surface area (Å²) in [7, 11) is 0. The molecule has 0 atom stereocenters. The molecule has 4 nitrogen and oxygen atoms in total. The van der Waals surface area contributed by atoms with Crippen LogP contribution < -0.4 is 5.73 Å². The summed E-state index contributed by atoms with van der Waals surface area (Å²) >= 11 is 5.86. The minimum absolute atomic E-state index is 0.470. The molecule has 17 heavy (non-hydrogen) atoms. The lowest BCUT2D eigenvalue weighted by Crippen LogP contribution is -2.10. The Hall–Kier alpha value is -1.55. The van der Waals surface area contributed by atoms with Crippen LogP contribution in [0, 0.1) is 0 Å². The molecule has 0 saturated heterocycles. The van der Waals surface area contributed by atoms with Gasteiger partial charge in [-0.1, -0.05) is 23.2 Å². The van der Waals surface area contributed by atoms with Gasteiger partial charge in [-0.05, 0) is 31.0 Å². The Balaban J connectivity index is 1.92. The Labute approximate surface area is 104 Å². The van der Waals surface area contributed by atoms with Crippen LogP contribution in [0.5, 0.6) is 0 Å². The molecule has 2 N–H and O–H groups in total. The number of hydrogen-bond acceptors (Lipinski definition) is 4. The van der Waals surface area contributed by atoms with Gasteiger partial charge in [0.25, 0.3) is 5.89 Å². The Kier molecular flexibility index (Phi) is 2.52. The molecule has 1 aliphatic carbocycles. The molecule has 0 unspecified atom stereocenters. The number of nitrogens with two attached hydrogens (primary N) is 1. The Morgan fingerprint density at radius 3 is 2.82 bits per heavy atom. The Morgan fingerprint density at radius 2 is 2.18 bits per heavy atom. The number of benzene rings is 1. The first-order valence-corrected chi connectivity index (χ1v) is 6.01. The zero-order chi connectivity index (χ0) is 11.8. The fourth-order valence-electron chi connectivity index (χ4n) is 1.86. The molecule has 0 aliphatic heterocycles. The van der Waals surface area contributed by atoms with Gasteiger partial charge in [-0.3, -0.25) is 0 Å². The summed E-state index contributed by atoms with van der Waals surface area (Å²) in [6.45, 7) is 0. The molecule has 1 aromatic carbocycles. The lowest BCUT2D eigenvalue weighted by molar-refractivity contribution is 0.366. The van der Waals surface area contributed by atoms with Gasteiger partial charge in [0.15, 0.2) is 5.82 Å². The summed E-state index contributed by atoms with van der Waals surface area (Å²) < 4.78 is 5.24. The van der Waals surface area contributed by atoms with Crippen molar-refractivity contribution in [3.63, 3.8) is 0 Å². The van der Waals surface area contributed by atoms with E-state index in [9.17, 15) is 0 Å². The highest BCUT2D eigenvalue weighted by Gasteiger charge is 2.24. The van der Waals surface area contributed by atoms with Crippen LogP contribution in [0.2, 0.25) is 5.02 Å². The summed E-state index contributed by atoms with van der Waals surface area (Å²) in [6, 6.07) is 5.32. The van der Waals surface area contributed by atoms with Crippen LogP contribution in [0.1, 0.15) is 31.0 Å². The first-order valence-electron chi connectivity index (χ1n) is 5.63. The van der Waals surface area contributed by atoms with Gasteiger partial charge in [-0.2, -0.15) is 4.98 Å². The van der Waals surface area contributed by atoms with E-state index in [1.54, 1.807) is 12.1 Å². The first-order chi connectivity index (χ1) is 8.24. The van der Waals surface area contributed by atoms with Gasteiger partial charge in [0.1, 0.15) is 0 Å². The molecule has 1 fully saturated rings. The van der Waals surface area contributed by atoms with Crippen molar-refractivity contribution in [3.8, 4) is 11.5 Å². The minimum atomic E-state index is 0.470. The fourth-order valence-corrected chi connectivity index (χ4v) is 1.98. The maximum Gasteiger partial charge on any atom is 0.258 e. The van der Waals surface area contributed by atoms with Gasteiger partial charge in [0, 0.05) is 11.5 Å². The molecule has 88 valence electrons. The van der Waals surface area contributed by atoms with E-state index in [1.165, 1.54) is 6.42 Å². The predicted molar refractivity (Wildman–Crippen MR) is 65.7 cm³/mol. The lowest BCUT2D eigenvalue weighted by atomic mass is 9.85. The molecule has 0 radical (unpaired) electrons. The van der Waals surface area contributed by atoms with E-state index in [1.807, 2.05) is 6.07 Å². The second-order valence-electron chi connectivity index (χ2n) is 4.32. The maximum absolute atomic E-state index is 5.86. The van der Waals surface area contributed by atoms with Crippen LogP contribution in [0.15, 0.2) is 22.7 Å². The summed E-state index contributed by atoms with van der Waals surface area (Å²) in [5.41, 5.74) is 7.07. The summed E-state index contributed by atoms with van der Waals surface area (Å²) in [5, 5.41) is 4.54. The first kappa shape index (κ1) is 10.6. The monoisotopic (exact) mass is 249 g/mol. The van der Waals surface area contributed by atoms with E-state index < -0.39 is 0 Å². The molecule has 5 heteroatoms. The van der Waals surface area contributed by atoms with Gasteiger partial charge in [-0.25, -0.2) is 0 Å². The SMILES string of the molecule is Nc1cc(-c2nc(C3CCC3)no2)ccc1Cl. The topological polar surface area (TPSA) is 64.9 Å². The van der Waals surface area contributed by atoms with Crippen LogP contribution in [0.4, 0.5) is 5.69 Å². The second kappa shape index (κ2) is 4.04. The van der Waals surface area contributed by atoms with E-state index in [0.717, 1.165) is 24.2 Å². The zero-order valence-electron chi connectivity index (χ0n) is 9.19. The van der Waals surface area contributed by atoms with Crippen molar-refractivity contribution < 1.29 is 4.52 Å². The highest BCUT2D eigenvalue weighted by molar-refractivity contribution is 6.33. The number of hydrogen-bond donors (Lipinski definition) is 1. The number of aromatic nitrogens is 2.